The van der Waals surface area contributed by atoms with Crippen LogP contribution in [0.2, 0.25) is 0 Å². The Morgan fingerprint density at radius 2 is 2.06 bits per heavy atom. The second kappa shape index (κ2) is 6.61. The monoisotopic (exact) mass is 251 g/mol. The zero-order valence-corrected chi connectivity index (χ0v) is 10.3. The van der Waals surface area contributed by atoms with Crippen LogP contribution >= 0.6 is 0 Å². The number of esters is 1. The number of hydrogen-bond donors (Lipinski definition) is 2. The van der Waals surface area contributed by atoms with Crippen molar-refractivity contribution in [2.24, 2.45) is 5.73 Å². The lowest BCUT2D eigenvalue weighted by atomic mass is 10.2. The number of hydrogen-bond acceptors (Lipinski definition) is 5. The third-order valence-corrected chi connectivity index (χ3v) is 2.32. The number of anilines is 1. The van der Waals surface area contributed by atoms with Gasteiger partial charge in [0.05, 0.1) is 20.2 Å². The number of carbonyl (C=O) groups is 2. The van der Waals surface area contributed by atoms with Crippen molar-refractivity contribution in [1.82, 2.24) is 4.90 Å². The Kier molecular flexibility index (Phi) is 5.13. The molecule has 0 aliphatic carbocycles. The molecule has 0 spiro atoms. The van der Waals surface area contributed by atoms with Gasteiger partial charge in [0.15, 0.2) is 0 Å². The van der Waals surface area contributed by atoms with Crippen LogP contribution in [0, 0.1) is 0 Å². The number of nitrogen functional groups attached to an aromatic ring is 1. The van der Waals surface area contributed by atoms with Gasteiger partial charge in [-0.15, -0.1) is 0 Å². The Balaban J connectivity index is 2.71. The Bertz CT molecular complexity index is 434. The fraction of sp³-hybridized carbons (Fsp3) is 0.333. The van der Waals surface area contributed by atoms with Crippen LogP contribution in [0.3, 0.4) is 0 Å². The van der Waals surface area contributed by atoms with E-state index in [-0.39, 0.29) is 13.1 Å². The molecule has 0 saturated heterocycles. The van der Waals surface area contributed by atoms with Gasteiger partial charge in [-0.05, 0) is 17.7 Å². The summed E-state index contributed by atoms with van der Waals surface area (Å²) < 4.78 is 4.57. The van der Waals surface area contributed by atoms with Crippen LogP contribution in [0.4, 0.5) is 5.69 Å². The molecule has 6 nitrogen and oxygen atoms in total. The number of benzene rings is 1. The molecule has 0 atom stereocenters. The topological polar surface area (TPSA) is 98.6 Å². The maximum atomic E-state index is 11.2. The molecule has 1 amide bonds. The van der Waals surface area contributed by atoms with Crippen LogP contribution in [0.1, 0.15) is 5.56 Å². The number of nitrogens with zero attached hydrogens (tertiary/aromatic N) is 1. The number of methoxy groups -OCH3 is 1. The second-order valence-corrected chi connectivity index (χ2v) is 3.93. The molecule has 0 bridgehead atoms. The van der Waals surface area contributed by atoms with E-state index in [1.54, 1.807) is 17.0 Å². The molecule has 4 N–H and O–H groups in total. The molecular weight excluding hydrogens is 234 g/mol. The molecule has 18 heavy (non-hydrogen) atoms. The van der Waals surface area contributed by atoms with Gasteiger partial charge in [-0.25, -0.2) is 0 Å². The lowest BCUT2D eigenvalue weighted by molar-refractivity contribution is -0.142. The van der Waals surface area contributed by atoms with Crippen LogP contribution in [0.25, 0.3) is 0 Å². The molecular formula is C12H17N3O3. The van der Waals surface area contributed by atoms with Crippen molar-refractivity contribution in [3.05, 3.63) is 29.8 Å². The van der Waals surface area contributed by atoms with Crippen molar-refractivity contribution in [1.29, 1.82) is 0 Å². The first-order chi connectivity index (χ1) is 8.51. The molecule has 0 fully saturated rings. The molecule has 1 aromatic carbocycles. The van der Waals surface area contributed by atoms with Crippen LogP contribution < -0.4 is 11.5 Å². The van der Waals surface area contributed by atoms with Gasteiger partial charge in [0.1, 0.15) is 0 Å². The van der Waals surface area contributed by atoms with Crippen LogP contribution in [0.15, 0.2) is 24.3 Å². The lowest BCUT2D eigenvalue weighted by Crippen LogP contribution is -2.37. The molecule has 6 heteroatoms. The summed E-state index contributed by atoms with van der Waals surface area (Å²) in [5, 5.41) is 0. The SMILES string of the molecule is COC(=O)CN(CC(N)=O)Cc1cccc(N)c1. The minimum absolute atomic E-state index is 0.00817. The van der Waals surface area contributed by atoms with Gasteiger partial charge in [0.25, 0.3) is 0 Å². The Morgan fingerprint density at radius 3 is 2.61 bits per heavy atom. The van der Waals surface area contributed by atoms with Gasteiger partial charge < -0.3 is 16.2 Å². The molecule has 0 heterocycles. The van der Waals surface area contributed by atoms with E-state index < -0.39 is 11.9 Å². The summed E-state index contributed by atoms with van der Waals surface area (Å²) in [5.74, 6) is -0.914. The first-order valence-electron chi connectivity index (χ1n) is 5.43. The predicted octanol–water partition coefficient (Wildman–Crippen LogP) is -0.271. The van der Waals surface area contributed by atoms with E-state index in [4.69, 9.17) is 11.5 Å². The molecule has 1 aromatic rings. The van der Waals surface area contributed by atoms with Crippen molar-refractivity contribution in [2.45, 2.75) is 6.54 Å². The third kappa shape index (κ3) is 4.84. The van der Waals surface area contributed by atoms with E-state index in [1.165, 1.54) is 7.11 Å². The van der Waals surface area contributed by atoms with Crippen LogP contribution in [0.5, 0.6) is 0 Å². The number of nitrogens with two attached hydrogens (primary N) is 2. The third-order valence-electron chi connectivity index (χ3n) is 2.32. The summed E-state index contributed by atoms with van der Waals surface area (Å²) in [4.78, 5) is 23.8. The van der Waals surface area contributed by atoms with Gasteiger partial charge >= 0.3 is 5.97 Å². The molecule has 0 radical (unpaired) electrons. The number of primary amides is 1. The van der Waals surface area contributed by atoms with E-state index in [9.17, 15) is 9.59 Å². The van der Waals surface area contributed by atoms with E-state index in [0.717, 1.165) is 5.56 Å². The number of rotatable bonds is 6. The molecule has 98 valence electrons. The average Bonchev–Trinajstić information content (AvgIpc) is 2.27. The van der Waals surface area contributed by atoms with Crippen LogP contribution in [-0.4, -0.2) is 37.0 Å². The highest BCUT2D eigenvalue weighted by atomic mass is 16.5. The van der Waals surface area contributed by atoms with Gasteiger partial charge in [-0.3, -0.25) is 14.5 Å². The zero-order chi connectivity index (χ0) is 13.5. The molecule has 0 aliphatic heterocycles. The summed E-state index contributed by atoms with van der Waals surface area (Å²) in [6.07, 6.45) is 0. The van der Waals surface area contributed by atoms with E-state index >= 15 is 0 Å². The summed E-state index contributed by atoms with van der Waals surface area (Å²) >= 11 is 0. The Labute approximate surface area is 105 Å². The van der Waals surface area contributed by atoms with Crippen molar-refractivity contribution in [3.8, 4) is 0 Å². The number of ether oxygens (including phenoxy) is 1. The quantitative estimate of drug-likeness (QED) is 0.535. The van der Waals surface area contributed by atoms with Crippen LogP contribution in [-0.2, 0) is 20.9 Å². The fourth-order valence-electron chi connectivity index (χ4n) is 1.58. The standard InChI is InChI=1S/C12H17N3O3/c1-18-12(17)8-15(7-11(14)16)6-9-3-2-4-10(13)5-9/h2-5H,6-8,13H2,1H3,(H2,14,16). The lowest BCUT2D eigenvalue weighted by Gasteiger charge is -2.19. The first kappa shape index (κ1) is 14.0. The van der Waals surface area contributed by atoms with Crippen molar-refractivity contribution in [2.75, 3.05) is 25.9 Å². The average molecular weight is 251 g/mol. The molecule has 0 unspecified atom stereocenters. The maximum absolute atomic E-state index is 11.2. The summed E-state index contributed by atoms with van der Waals surface area (Å²) in [7, 11) is 1.30. The summed E-state index contributed by atoms with van der Waals surface area (Å²) in [6, 6.07) is 7.22. The predicted molar refractivity (Wildman–Crippen MR) is 67.3 cm³/mol. The zero-order valence-electron chi connectivity index (χ0n) is 10.3. The van der Waals surface area contributed by atoms with Crippen molar-refractivity contribution >= 4 is 17.6 Å². The number of amides is 1. The minimum Gasteiger partial charge on any atom is -0.468 e. The van der Waals surface area contributed by atoms with Gasteiger partial charge in [0, 0.05) is 12.2 Å². The molecule has 0 aliphatic rings. The largest absolute Gasteiger partial charge is 0.468 e. The van der Waals surface area contributed by atoms with Gasteiger partial charge in [-0.2, -0.15) is 0 Å². The smallest absolute Gasteiger partial charge is 0.319 e. The van der Waals surface area contributed by atoms with Crippen molar-refractivity contribution in [3.63, 3.8) is 0 Å². The van der Waals surface area contributed by atoms with Gasteiger partial charge in [0.2, 0.25) is 5.91 Å². The minimum atomic E-state index is -0.497. The van der Waals surface area contributed by atoms with E-state index in [2.05, 4.69) is 4.74 Å². The Morgan fingerprint density at radius 1 is 1.33 bits per heavy atom. The number of carbonyl (C=O) groups excluding carboxylic acids is 2. The maximum Gasteiger partial charge on any atom is 0.319 e. The highest BCUT2D eigenvalue weighted by Crippen LogP contribution is 2.09. The molecule has 0 aromatic heterocycles. The highest BCUT2D eigenvalue weighted by Gasteiger charge is 2.13. The normalized spacial score (nSPS) is 10.3. The fourth-order valence-corrected chi connectivity index (χ4v) is 1.58. The Hall–Kier alpha value is -2.08. The first-order valence-corrected chi connectivity index (χ1v) is 5.43. The second-order valence-electron chi connectivity index (χ2n) is 3.93. The van der Waals surface area contributed by atoms with E-state index in [0.29, 0.717) is 12.2 Å². The summed E-state index contributed by atoms with van der Waals surface area (Å²) in [5.41, 5.74) is 12.3. The molecule has 0 saturated carbocycles. The van der Waals surface area contributed by atoms with E-state index in [1.807, 2.05) is 12.1 Å². The summed E-state index contributed by atoms with van der Waals surface area (Å²) in [6.45, 7) is 0.404. The van der Waals surface area contributed by atoms with Crippen molar-refractivity contribution < 1.29 is 14.3 Å². The molecule has 1 rings (SSSR count). The van der Waals surface area contributed by atoms with Gasteiger partial charge in [-0.1, -0.05) is 12.1 Å². The highest BCUT2D eigenvalue weighted by molar-refractivity contribution is 5.77.